The topological polar surface area (TPSA) is 42.4 Å². The largest absolute Gasteiger partial charge is 0.481 e. The van der Waals surface area contributed by atoms with Crippen LogP contribution < -0.4 is 4.74 Å². The quantitative estimate of drug-likeness (QED) is 0.809. The molecule has 1 N–H and O–H groups in total. The summed E-state index contributed by atoms with van der Waals surface area (Å²) in [6.07, 6.45) is 1.58. The number of hydrogen-bond acceptors (Lipinski definition) is 3. The number of nitrogens with zero attached hydrogens (tertiary/aromatic N) is 1. The van der Waals surface area contributed by atoms with Crippen molar-refractivity contribution in [2.45, 2.75) is 19.4 Å². The molecule has 0 amide bonds. The molecule has 13 heavy (non-hydrogen) atoms. The average molecular weight is 202 g/mol. The van der Waals surface area contributed by atoms with Gasteiger partial charge in [-0.05, 0) is 13.0 Å². The Balaban J connectivity index is 3.00. The van der Waals surface area contributed by atoms with Gasteiger partial charge in [-0.25, -0.2) is 4.98 Å². The molecule has 1 aromatic rings. The Bertz CT molecular complexity index is 289. The molecule has 0 unspecified atom stereocenters. The third-order valence-corrected chi connectivity index (χ3v) is 2.01. The van der Waals surface area contributed by atoms with Crippen molar-refractivity contribution >= 4 is 11.6 Å². The molecule has 1 atom stereocenters. The van der Waals surface area contributed by atoms with Crippen LogP contribution in [0.15, 0.2) is 12.3 Å². The van der Waals surface area contributed by atoms with Crippen molar-refractivity contribution < 1.29 is 9.84 Å². The summed E-state index contributed by atoms with van der Waals surface area (Å²) in [5.41, 5.74) is 0.752. The van der Waals surface area contributed by atoms with E-state index in [1.807, 2.05) is 0 Å². The molecule has 0 saturated carbocycles. The highest BCUT2D eigenvalue weighted by Gasteiger charge is 2.10. The number of aliphatic hydroxyl groups excluding tert-OH is 1. The van der Waals surface area contributed by atoms with Crippen LogP contribution in [0.25, 0.3) is 0 Å². The first kappa shape index (κ1) is 10.3. The van der Waals surface area contributed by atoms with Gasteiger partial charge in [-0.15, -0.1) is 0 Å². The van der Waals surface area contributed by atoms with Gasteiger partial charge in [-0.3, -0.25) is 0 Å². The van der Waals surface area contributed by atoms with Crippen molar-refractivity contribution in [1.82, 2.24) is 4.98 Å². The lowest BCUT2D eigenvalue weighted by Gasteiger charge is -2.10. The second-order valence-corrected chi connectivity index (χ2v) is 3.24. The predicted octanol–water partition coefficient (Wildman–Crippen LogP) is 1.67. The molecule has 72 valence electrons. The first-order valence-electron chi connectivity index (χ1n) is 4.00. The molecule has 1 aromatic heterocycles. The lowest BCUT2D eigenvalue weighted by atomic mass is 10.1. The maximum Gasteiger partial charge on any atom is 0.217 e. The van der Waals surface area contributed by atoms with Gasteiger partial charge in [0.15, 0.2) is 0 Å². The molecule has 0 aliphatic rings. The second kappa shape index (κ2) is 4.44. The Morgan fingerprint density at radius 2 is 2.38 bits per heavy atom. The predicted molar refractivity (Wildman–Crippen MR) is 51.2 cm³/mol. The van der Waals surface area contributed by atoms with Crippen LogP contribution in [0.4, 0.5) is 0 Å². The molecular formula is C9H12ClNO2. The minimum absolute atomic E-state index is 0.449. The summed E-state index contributed by atoms with van der Waals surface area (Å²) >= 11 is 5.92. The van der Waals surface area contributed by atoms with Gasteiger partial charge in [0.25, 0.3) is 0 Å². The van der Waals surface area contributed by atoms with Crippen LogP contribution in [0.3, 0.4) is 0 Å². The van der Waals surface area contributed by atoms with E-state index in [1.54, 1.807) is 19.2 Å². The molecule has 0 spiro atoms. The third-order valence-electron chi connectivity index (χ3n) is 1.65. The number of aliphatic hydroxyl groups is 1. The Morgan fingerprint density at radius 3 is 2.92 bits per heavy atom. The highest BCUT2D eigenvalue weighted by molar-refractivity contribution is 6.31. The molecule has 0 bridgehead atoms. The monoisotopic (exact) mass is 201 g/mol. The number of aromatic nitrogens is 1. The van der Waals surface area contributed by atoms with Gasteiger partial charge < -0.3 is 9.84 Å². The van der Waals surface area contributed by atoms with Crippen LogP contribution in [0, 0.1) is 0 Å². The lowest BCUT2D eigenvalue weighted by Crippen LogP contribution is -2.07. The molecule has 0 saturated heterocycles. The number of pyridine rings is 1. The number of ether oxygens (including phenoxy) is 1. The Kier molecular flexibility index (Phi) is 3.51. The Morgan fingerprint density at radius 1 is 1.69 bits per heavy atom. The average Bonchev–Trinajstić information content (AvgIpc) is 2.08. The standard InChI is InChI=1S/C9H12ClNO2/c1-6(12)5-7-8(10)3-4-11-9(7)13-2/h3-4,6,12H,5H2,1-2H3/t6-/m0/s1. The number of methoxy groups -OCH3 is 1. The number of halogens is 1. The molecule has 0 aliphatic heterocycles. The van der Waals surface area contributed by atoms with Gasteiger partial charge >= 0.3 is 0 Å². The SMILES string of the molecule is COc1nccc(Cl)c1C[C@H](C)O. The zero-order valence-electron chi connectivity index (χ0n) is 7.62. The van der Waals surface area contributed by atoms with Gasteiger partial charge in [0.1, 0.15) is 0 Å². The van der Waals surface area contributed by atoms with Gasteiger partial charge in [-0.2, -0.15) is 0 Å². The van der Waals surface area contributed by atoms with Crippen molar-refractivity contribution in [1.29, 1.82) is 0 Å². The normalized spacial score (nSPS) is 12.6. The number of hydrogen-bond donors (Lipinski definition) is 1. The fourth-order valence-corrected chi connectivity index (χ4v) is 1.32. The summed E-state index contributed by atoms with van der Waals surface area (Å²) in [6, 6.07) is 1.68. The summed E-state index contributed by atoms with van der Waals surface area (Å²) < 4.78 is 5.02. The molecular weight excluding hydrogens is 190 g/mol. The van der Waals surface area contributed by atoms with Crippen LogP contribution in [0.1, 0.15) is 12.5 Å². The van der Waals surface area contributed by atoms with Crippen LogP contribution in [-0.4, -0.2) is 23.3 Å². The minimum Gasteiger partial charge on any atom is -0.481 e. The smallest absolute Gasteiger partial charge is 0.217 e. The highest BCUT2D eigenvalue weighted by Crippen LogP contribution is 2.24. The molecule has 0 aliphatic carbocycles. The third kappa shape index (κ3) is 2.57. The summed E-state index contributed by atoms with van der Waals surface area (Å²) in [4.78, 5) is 3.99. The zero-order chi connectivity index (χ0) is 9.84. The van der Waals surface area contributed by atoms with E-state index in [4.69, 9.17) is 16.3 Å². The second-order valence-electron chi connectivity index (χ2n) is 2.83. The Hall–Kier alpha value is -0.800. The van der Waals surface area contributed by atoms with Crippen molar-refractivity contribution in [3.05, 3.63) is 22.8 Å². The summed E-state index contributed by atoms with van der Waals surface area (Å²) in [5, 5.41) is 9.78. The van der Waals surface area contributed by atoms with Crippen LogP contribution in [0.5, 0.6) is 5.88 Å². The van der Waals surface area contributed by atoms with E-state index in [9.17, 15) is 5.11 Å². The van der Waals surface area contributed by atoms with Gasteiger partial charge in [-0.1, -0.05) is 11.6 Å². The zero-order valence-corrected chi connectivity index (χ0v) is 8.38. The lowest BCUT2D eigenvalue weighted by molar-refractivity contribution is 0.194. The van der Waals surface area contributed by atoms with Crippen LogP contribution in [0.2, 0.25) is 5.02 Å². The van der Waals surface area contributed by atoms with E-state index in [2.05, 4.69) is 4.98 Å². The molecule has 1 rings (SSSR count). The molecule has 0 fully saturated rings. The van der Waals surface area contributed by atoms with Gasteiger partial charge in [0, 0.05) is 18.2 Å². The number of rotatable bonds is 3. The van der Waals surface area contributed by atoms with Crippen LogP contribution >= 0.6 is 11.6 Å². The molecule has 0 radical (unpaired) electrons. The molecule has 1 heterocycles. The fourth-order valence-electron chi connectivity index (χ4n) is 1.11. The minimum atomic E-state index is -0.449. The van der Waals surface area contributed by atoms with Crippen molar-refractivity contribution in [2.75, 3.05) is 7.11 Å². The highest BCUT2D eigenvalue weighted by atomic mass is 35.5. The summed E-state index contributed by atoms with van der Waals surface area (Å²) in [6.45, 7) is 1.70. The molecule has 4 heteroatoms. The fraction of sp³-hybridized carbons (Fsp3) is 0.444. The first-order chi connectivity index (χ1) is 6.15. The van der Waals surface area contributed by atoms with Crippen molar-refractivity contribution in [3.63, 3.8) is 0 Å². The van der Waals surface area contributed by atoms with Crippen molar-refractivity contribution in [2.24, 2.45) is 0 Å². The maximum absolute atomic E-state index is 9.21. The summed E-state index contributed by atoms with van der Waals surface area (Å²) in [5.74, 6) is 0.480. The van der Waals surface area contributed by atoms with Gasteiger partial charge in [0.05, 0.1) is 18.2 Å². The first-order valence-corrected chi connectivity index (χ1v) is 4.38. The van der Waals surface area contributed by atoms with E-state index in [-0.39, 0.29) is 0 Å². The molecule has 0 aromatic carbocycles. The van der Waals surface area contributed by atoms with E-state index in [0.29, 0.717) is 17.3 Å². The van der Waals surface area contributed by atoms with Gasteiger partial charge in [0.2, 0.25) is 5.88 Å². The Labute approximate surface area is 82.3 Å². The maximum atomic E-state index is 9.21. The van der Waals surface area contributed by atoms with E-state index in [1.165, 1.54) is 7.11 Å². The van der Waals surface area contributed by atoms with Crippen LogP contribution in [-0.2, 0) is 6.42 Å². The van der Waals surface area contributed by atoms with E-state index < -0.39 is 6.10 Å². The van der Waals surface area contributed by atoms with E-state index in [0.717, 1.165) is 5.56 Å². The van der Waals surface area contributed by atoms with E-state index >= 15 is 0 Å². The molecule has 3 nitrogen and oxygen atoms in total. The van der Waals surface area contributed by atoms with Crippen molar-refractivity contribution in [3.8, 4) is 5.88 Å². The summed E-state index contributed by atoms with van der Waals surface area (Å²) in [7, 11) is 1.53.